The summed E-state index contributed by atoms with van der Waals surface area (Å²) in [5.41, 5.74) is 1.32. The van der Waals surface area contributed by atoms with Gasteiger partial charge in [-0.1, -0.05) is 37.6 Å². The Balaban J connectivity index is 2.10. The minimum absolute atomic E-state index is 0.0698. The van der Waals surface area contributed by atoms with Gasteiger partial charge in [0.1, 0.15) is 17.1 Å². The summed E-state index contributed by atoms with van der Waals surface area (Å²) in [4.78, 5) is 12.0. The smallest absolute Gasteiger partial charge is 0.347 e. The maximum Gasteiger partial charge on any atom is 0.347 e. The molecule has 20 heavy (non-hydrogen) atoms. The zero-order valence-electron chi connectivity index (χ0n) is 11.5. The molecule has 0 aliphatic rings. The van der Waals surface area contributed by atoms with E-state index in [9.17, 15) is 9.90 Å². The largest absolute Gasteiger partial charge is 0.507 e. The fourth-order valence-corrected chi connectivity index (χ4v) is 1.95. The molecule has 0 unspecified atom stereocenters. The number of esters is 1. The number of phenols is 1. The number of para-hydroxylation sites is 1. The molecule has 2 aromatic carbocycles. The molecule has 0 aliphatic heterocycles. The van der Waals surface area contributed by atoms with E-state index in [1.54, 1.807) is 24.3 Å². The van der Waals surface area contributed by atoms with Gasteiger partial charge in [0, 0.05) is 0 Å². The predicted molar refractivity (Wildman–Crippen MR) is 78.1 cm³/mol. The SMILES string of the molecule is CCCCc1cccc(OC(=O)c2ccccc2O)c1. The van der Waals surface area contributed by atoms with Crippen LogP contribution in [-0.4, -0.2) is 11.1 Å². The minimum Gasteiger partial charge on any atom is -0.507 e. The van der Waals surface area contributed by atoms with Crippen LogP contribution in [0.2, 0.25) is 0 Å². The van der Waals surface area contributed by atoms with Crippen LogP contribution in [-0.2, 0) is 6.42 Å². The Bertz CT molecular complexity index is 590. The first-order valence-corrected chi connectivity index (χ1v) is 6.80. The van der Waals surface area contributed by atoms with Crippen LogP contribution in [0.4, 0.5) is 0 Å². The van der Waals surface area contributed by atoms with Crippen molar-refractivity contribution in [1.82, 2.24) is 0 Å². The van der Waals surface area contributed by atoms with E-state index in [0.29, 0.717) is 5.75 Å². The summed E-state index contributed by atoms with van der Waals surface area (Å²) in [6.45, 7) is 2.14. The van der Waals surface area contributed by atoms with Crippen molar-refractivity contribution in [2.24, 2.45) is 0 Å². The third-order valence-corrected chi connectivity index (χ3v) is 3.05. The molecule has 104 valence electrons. The van der Waals surface area contributed by atoms with Crippen LogP contribution < -0.4 is 4.74 Å². The van der Waals surface area contributed by atoms with Crippen LogP contribution in [0.15, 0.2) is 48.5 Å². The van der Waals surface area contributed by atoms with E-state index < -0.39 is 5.97 Å². The van der Waals surface area contributed by atoms with Gasteiger partial charge in [0.25, 0.3) is 0 Å². The lowest BCUT2D eigenvalue weighted by Gasteiger charge is -2.07. The molecule has 0 aromatic heterocycles. The third kappa shape index (κ3) is 3.60. The number of aryl methyl sites for hydroxylation is 1. The van der Waals surface area contributed by atoms with Crippen molar-refractivity contribution in [3.63, 3.8) is 0 Å². The van der Waals surface area contributed by atoms with Gasteiger partial charge in [-0.2, -0.15) is 0 Å². The van der Waals surface area contributed by atoms with E-state index in [1.165, 1.54) is 6.07 Å². The van der Waals surface area contributed by atoms with Crippen molar-refractivity contribution < 1.29 is 14.6 Å². The Labute approximate surface area is 118 Å². The lowest BCUT2D eigenvalue weighted by atomic mass is 10.1. The molecular formula is C17H18O3. The Morgan fingerprint density at radius 1 is 1.15 bits per heavy atom. The Morgan fingerprint density at radius 3 is 2.70 bits per heavy atom. The number of carbonyl (C=O) groups is 1. The van der Waals surface area contributed by atoms with Crippen molar-refractivity contribution in [2.45, 2.75) is 26.2 Å². The molecule has 0 fully saturated rings. The highest BCUT2D eigenvalue weighted by molar-refractivity contribution is 5.93. The van der Waals surface area contributed by atoms with Gasteiger partial charge >= 0.3 is 5.97 Å². The van der Waals surface area contributed by atoms with Crippen molar-refractivity contribution in [1.29, 1.82) is 0 Å². The van der Waals surface area contributed by atoms with Crippen LogP contribution >= 0.6 is 0 Å². The summed E-state index contributed by atoms with van der Waals surface area (Å²) in [7, 11) is 0. The third-order valence-electron chi connectivity index (χ3n) is 3.05. The summed E-state index contributed by atoms with van der Waals surface area (Å²) >= 11 is 0. The molecule has 3 nitrogen and oxygen atoms in total. The molecular weight excluding hydrogens is 252 g/mol. The highest BCUT2D eigenvalue weighted by Crippen LogP contribution is 2.20. The lowest BCUT2D eigenvalue weighted by molar-refractivity contribution is 0.0731. The highest BCUT2D eigenvalue weighted by Gasteiger charge is 2.12. The zero-order chi connectivity index (χ0) is 14.4. The second kappa shape index (κ2) is 6.75. The van der Waals surface area contributed by atoms with Gasteiger partial charge in [0.15, 0.2) is 0 Å². The van der Waals surface area contributed by atoms with Crippen LogP contribution in [0.1, 0.15) is 35.7 Å². The number of benzene rings is 2. The number of carbonyl (C=O) groups excluding carboxylic acids is 1. The lowest BCUT2D eigenvalue weighted by Crippen LogP contribution is -2.08. The number of unbranched alkanes of at least 4 members (excludes halogenated alkanes) is 1. The zero-order valence-corrected chi connectivity index (χ0v) is 11.5. The summed E-state index contributed by atoms with van der Waals surface area (Å²) in [5.74, 6) is -0.109. The average molecular weight is 270 g/mol. The number of rotatable bonds is 5. The van der Waals surface area contributed by atoms with Crippen LogP contribution in [0.5, 0.6) is 11.5 Å². The molecule has 0 spiro atoms. The van der Waals surface area contributed by atoms with E-state index in [-0.39, 0.29) is 11.3 Å². The van der Waals surface area contributed by atoms with Gasteiger partial charge in [-0.25, -0.2) is 4.79 Å². The maximum absolute atomic E-state index is 12.0. The van der Waals surface area contributed by atoms with Gasteiger partial charge in [-0.05, 0) is 42.7 Å². The number of ether oxygens (including phenoxy) is 1. The molecule has 2 aromatic rings. The Morgan fingerprint density at radius 2 is 1.95 bits per heavy atom. The van der Waals surface area contributed by atoms with Crippen molar-refractivity contribution >= 4 is 5.97 Å². The number of phenolic OH excluding ortho intramolecular Hbond substituents is 1. The molecule has 0 atom stereocenters. The van der Waals surface area contributed by atoms with Gasteiger partial charge in [0.2, 0.25) is 0 Å². The van der Waals surface area contributed by atoms with Crippen LogP contribution in [0, 0.1) is 0 Å². The normalized spacial score (nSPS) is 10.2. The van der Waals surface area contributed by atoms with E-state index >= 15 is 0 Å². The summed E-state index contributed by atoms with van der Waals surface area (Å²) in [6, 6.07) is 13.9. The Hall–Kier alpha value is -2.29. The first-order chi connectivity index (χ1) is 9.70. The topological polar surface area (TPSA) is 46.5 Å². The van der Waals surface area contributed by atoms with Gasteiger partial charge < -0.3 is 9.84 Å². The monoisotopic (exact) mass is 270 g/mol. The van der Waals surface area contributed by atoms with Gasteiger partial charge in [-0.3, -0.25) is 0 Å². The van der Waals surface area contributed by atoms with E-state index in [4.69, 9.17) is 4.74 Å². The maximum atomic E-state index is 12.0. The first-order valence-electron chi connectivity index (χ1n) is 6.80. The minimum atomic E-state index is -0.546. The van der Waals surface area contributed by atoms with Crippen molar-refractivity contribution in [3.8, 4) is 11.5 Å². The number of hydrogen-bond acceptors (Lipinski definition) is 3. The van der Waals surface area contributed by atoms with Crippen molar-refractivity contribution in [3.05, 3.63) is 59.7 Å². The number of aromatic hydroxyl groups is 1. The van der Waals surface area contributed by atoms with Gasteiger partial charge in [0.05, 0.1) is 0 Å². The highest BCUT2D eigenvalue weighted by atomic mass is 16.5. The fourth-order valence-electron chi connectivity index (χ4n) is 1.95. The second-order valence-electron chi connectivity index (χ2n) is 4.66. The molecule has 1 N–H and O–H groups in total. The summed E-state index contributed by atoms with van der Waals surface area (Å²) in [6.07, 6.45) is 3.21. The predicted octanol–water partition coefficient (Wildman–Crippen LogP) is 3.95. The molecule has 0 saturated carbocycles. The Kier molecular flexibility index (Phi) is 4.77. The molecule has 0 heterocycles. The molecule has 2 rings (SSSR count). The molecule has 0 aliphatic carbocycles. The van der Waals surface area contributed by atoms with Crippen LogP contribution in [0.3, 0.4) is 0 Å². The second-order valence-corrected chi connectivity index (χ2v) is 4.66. The standard InChI is InChI=1S/C17H18O3/c1-2-3-7-13-8-6-9-14(12-13)20-17(19)15-10-4-5-11-16(15)18/h4-6,8-12,18H,2-3,7H2,1H3. The fraction of sp³-hybridized carbons (Fsp3) is 0.235. The summed E-state index contributed by atoms with van der Waals surface area (Å²) in [5, 5.41) is 9.63. The average Bonchev–Trinajstić information content (AvgIpc) is 2.46. The van der Waals surface area contributed by atoms with E-state index in [1.807, 2.05) is 18.2 Å². The quantitative estimate of drug-likeness (QED) is 0.661. The van der Waals surface area contributed by atoms with Crippen molar-refractivity contribution in [2.75, 3.05) is 0 Å². The first kappa shape index (κ1) is 14.1. The number of hydrogen-bond donors (Lipinski definition) is 1. The molecule has 0 amide bonds. The molecule has 3 heteroatoms. The summed E-state index contributed by atoms with van der Waals surface area (Å²) < 4.78 is 5.30. The molecule has 0 bridgehead atoms. The molecule has 0 radical (unpaired) electrons. The molecule has 0 saturated heterocycles. The van der Waals surface area contributed by atoms with E-state index in [2.05, 4.69) is 6.92 Å². The van der Waals surface area contributed by atoms with Gasteiger partial charge in [-0.15, -0.1) is 0 Å². The van der Waals surface area contributed by atoms with E-state index in [0.717, 1.165) is 24.8 Å². The van der Waals surface area contributed by atoms with Crippen LogP contribution in [0.25, 0.3) is 0 Å².